The summed E-state index contributed by atoms with van der Waals surface area (Å²) in [6.45, 7) is 0.318. The molecule has 0 saturated heterocycles. The van der Waals surface area contributed by atoms with Crippen LogP contribution < -0.4 is 4.74 Å². The molecule has 0 aliphatic rings. The summed E-state index contributed by atoms with van der Waals surface area (Å²) in [6.07, 6.45) is 3.67. The van der Waals surface area contributed by atoms with Gasteiger partial charge in [0.15, 0.2) is 5.78 Å². The zero-order valence-electron chi connectivity index (χ0n) is 13.5. The standard InChI is InChI=1S/C20H17NO4/c21-14-16-5-3-15(4-6-16)7-12-19(22)17-8-10-18(11-9-17)25-13-1-2-20(23)24/h3-12H,1-2,13H2,(H,23,24)/b12-7+. The SMILES string of the molecule is N#Cc1ccc(/C=C/C(=O)c2ccc(OCCCC(=O)O)cc2)cc1. The number of ether oxygens (including phenoxy) is 1. The summed E-state index contributed by atoms with van der Waals surface area (Å²) in [5.41, 5.74) is 1.94. The lowest BCUT2D eigenvalue weighted by Crippen LogP contribution is -2.02. The molecule has 0 atom stereocenters. The van der Waals surface area contributed by atoms with E-state index in [0.717, 1.165) is 5.56 Å². The fraction of sp³-hybridized carbons (Fsp3) is 0.150. The summed E-state index contributed by atoms with van der Waals surface area (Å²) in [4.78, 5) is 22.6. The zero-order valence-corrected chi connectivity index (χ0v) is 13.5. The number of carbonyl (C=O) groups excluding carboxylic acids is 1. The van der Waals surface area contributed by atoms with Crippen LogP contribution in [0.25, 0.3) is 6.08 Å². The minimum atomic E-state index is -0.849. The van der Waals surface area contributed by atoms with E-state index in [1.165, 1.54) is 6.08 Å². The molecule has 0 unspecified atom stereocenters. The van der Waals surface area contributed by atoms with Gasteiger partial charge in [0.05, 0.1) is 18.2 Å². The molecule has 0 aromatic heterocycles. The van der Waals surface area contributed by atoms with Crippen molar-refractivity contribution in [2.45, 2.75) is 12.8 Å². The Kier molecular flexibility index (Phi) is 6.49. The fourth-order valence-electron chi connectivity index (χ4n) is 2.07. The van der Waals surface area contributed by atoms with Gasteiger partial charge in [0.2, 0.25) is 0 Å². The molecule has 25 heavy (non-hydrogen) atoms. The van der Waals surface area contributed by atoms with Crippen LogP contribution >= 0.6 is 0 Å². The first-order valence-electron chi connectivity index (χ1n) is 7.76. The van der Waals surface area contributed by atoms with Gasteiger partial charge in [-0.25, -0.2) is 0 Å². The van der Waals surface area contributed by atoms with Gasteiger partial charge in [-0.3, -0.25) is 9.59 Å². The van der Waals surface area contributed by atoms with Crippen LogP contribution in [0.3, 0.4) is 0 Å². The van der Waals surface area contributed by atoms with Gasteiger partial charge in [0.1, 0.15) is 5.75 Å². The number of rotatable bonds is 8. The molecule has 0 radical (unpaired) electrons. The van der Waals surface area contributed by atoms with Crippen LogP contribution in [0.2, 0.25) is 0 Å². The molecule has 0 aliphatic heterocycles. The molecule has 2 rings (SSSR count). The van der Waals surface area contributed by atoms with Crippen molar-refractivity contribution in [1.82, 2.24) is 0 Å². The van der Waals surface area contributed by atoms with Crippen molar-refractivity contribution in [3.63, 3.8) is 0 Å². The highest BCUT2D eigenvalue weighted by Gasteiger charge is 2.03. The summed E-state index contributed by atoms with van der Waals surface area (Å²) >= 11 is 0. The minimum Gasteiger partial charge on any atom is -0.494 e. The van der Waals surface area contributed by atoms with E-state index in [4.69, 9.17) is 15.1 Å². The third-order valence-electron chi connectivity index (χ3n) is 3.41. The number of benzene rings is 2. The van der Waals surface area contributed by atoms with Gasteiger partial charge in [-0.05, 0) is 54.5 Å². The van der Waals surface area contributed by atoms with Crippen molar-refractivity contribution in [3.05, 3.63) is 71.3 Å². The van der Waals surface area contributed by atoms with E-state index in [1.807, 2.05) is 6.07 Å². The van der Waals surface area contributed by atoms with Crippen molar-refractivity contribution in [2.24, 2.45) is 0 Å². The molecule has 0 bridgehead atoms. The number of allylic oxidation sites excluding steroid dienone is 1. The predicted octanol–water partition coefficient (Wildman–Crippen LogP) is 3.70. The van der Waals surface area contributed by atoms with Gasteiger partial charge in [-0.1, -0.05) is 18.2 Å². The maximum atomic E-state index is 12.1. The number of carboxylic acid groups (broad SMARTS) is 1. The number of carbonyl (C=O) groups is 2. The van der Waals surface area contributed by atoms with Crippen LogP contribution in [-0.2, 0) is 4.79 Å². The number of carboxylic acids is 1. The van der Waals surface area contributed by atoms with Crippen molar-refractivity contribution in [3.8, 4) is 11.8 Å². The molecule has 1 N–H and O–H groups in total. The first kappa shape index (κ1) is 18.0. The quantitative estimate of drug-likeness (QED) is 0.451. The Labute approximate surface area is 145 Å². The maximum Gasteiger partial charge on any atom is 0.303 e. The molecule has 2 aromatic rings. The average Bonchev–Trinajstić information content (AvgIpc) is 2.64. The van der Waals surface area contributed by atoms with Crippen LogP contribution in [0.15, 0.2) is 54.6 Å². The van der Waals surface area contributed by atoms with Crippen LogP contribution in [0.1, 0.15) is 34.3 Å². The van der Waals surface area contributed by atoms with Crippen molar-refractivity contribution in [1.29, 1.82) is 5.26 Å². The van der Waals surface area contributed by atoms with Crippen molar-refractivity contribution >= 4 is 17.8 Å². The van der Waals surface area contributed by atoms with Crippen LogP contribution in [-0.4, -0.2) is 23.5 Å². The number of hydrogen-bond acceptors (Lipinski definition) is 4. The highest BCUT2D eigenvalue weighted by atomic mass is 16.5. The molecule has 2 aromatic carbocycles. The van der Waals surface area contributed by atoms with Gasteiger partial charge in [0.25, 0.3) is 0 Å². The molecule has 126 valence electrons. The Morgan fingerprint density at radius 1 is 1.08 bits per heavy atom. The van der Waals surface area contributed by atoms with E-state index in [2.05, 4.69) is 0 Å². The lowest BCUT2D eigenvalue weighted by molar-refractivity contribution is -0.137. The molecular weight excluding hydrogens is 318 g/mol. The molecule has 0 saturated carbocycles. The molecule has 0 aliphatic carbocycles. The third-order valence-corrected chi connectivity index (χ3v) is 3.41. The number of aliphatic carboxylic acids is 1. The van der Waals surface area contributed by atoms with Crippen LogP contribution in [0.4, 0.5) is 0 Å². The third kappa shape index (κ3) is 5.96. The summed E-state index contributed by atoms with van der Waals surface area (Å²) in [5, 5.41) is 17.3. The van der Waals surface area contributed by atoms with Crippen molar-refractivity contribution < 1.29 is 19.4 Å². The summed E-state index contributed by atoms with van der Waals surface area (Å²) in [5.74, 6) is -0.390. The Morgan fingerprint density at radius 3 is 2.36 bits per heavy atom. The highest BCUT2D eigenvalue weighted by Crippen LogP contribution is 2.14. The van der Waals surface area contributed by atoms with Crippen LogP contribution in [0, 0.1) is 11.3 Å². The van der Waals surface area contributed by atoms with Gasteiger partial charge >= 0.3 is 5.97 Å². The lowest BCUT2D eigenvalue weighted by Gasteiger charge is -2.05. The summed E-state index contributed by atoms with van der Waals surface area (Å²) in [6, 6.07) is 15.7. The Bertz CT molecular complexity index is 799. The predicted molar refractivity (Wildman–Crippen MR) is 93.3 cm³/mol. The second-order valence-electron chi connectivity index (χ2n) is 5.30. The number of nitrogens with zero attached hydrogens (tertiary/aromatic N) is 1. The molecule has 5 nitrogen and oxygen atoms in total. The maximum absolute atomic E-state index is 12.1. The van der Waals surface area contributed by atoms with Gasteiger partial charge < -0.3 is 9.84 Å². The minimum absolute atomic E-state index is 0.0662. The van der Waals surface area contributed by atoms with Gasteiger partial charge in [-0.2, -0.15) is 5.26 Å². The van der Waals surface area contributed by atoms with E-state index in [9.17, 15) is 9.59 Å². The average molecular weight is 335 g/mol. The highest BCUT2D eigenvalue weighted by molar-refractivity contribution is 6.06. The van der Waals surface area contributed by atoms with Crippen LogP contribution in [0.5, 0.6) is 5.75 Å². The van der Waals surface area contributed by atoms with Crippen molar-refractivity contribution in [2.75, 3.05) is 6.61 Å². The first-order valence-corrected chi connectivity index (χ1v) is 7.76. The van der Waals surface area contributed by atoms with E-state index in [1.54, 1.807) is 54.6 Å². The molecule has 0 amide bonds. The molecule has 5 heteroatoms. The van der Waals surface area contributed by atoms with Gasteiger partial charge in [0, 0.05) is 12.0 Å². The summed E-state index contributed by atoms with van der Waals surface area (Å²) < 4.78 is 5.42. The summed E-state index contributed by atoms with van der Waals surface area (Å²) in [7, 11) is 0. The Morgan fingerprint density at radius 2 is 1.76 bits per heavy atom. The van der Waals surface area contributed by atoms with E-state index in [-0.39, 0.29) is 12.2 Å². The smallest absolute Gasteiger partial charge is 0.303 e. The first-order chi connectivity index (χ1) is 12.1. The number of ketones is 1. The normalized spacial score (nSPS) is 10.4. The number of hydrogen-bond donors (Lipinski definition) is 1. The van der Waals surface area contributed by atoms with E-state index < -0.39 is 5.97 Å². The molecular formula is C20H17NO4. The largest absolute Gasteiger partial charge is 0.494 e. The second-order valence-corrected chi connectivity index (χ2v) is 5.30. The fourth-order valence-corrected chi connectivity index (χ4v) is 2.07. The zero-order chi connectivity index (χ0) is 18.1. The lowest BCUT2D eigenvalue weighted by atomic mass is 10.1. The second kappa shape index (κ2) is 9.04. The topological polar surface area (TPSA) is 87.4 Å². The molecule has 0 spiro atoms. The van der Waals surface area contributed by atoms with E-state index >= 15 is 0 Å². The Balaban J connectivity index is 1.89. The Hall–Kier alpha value is -3.39. The van der Waals surface area contributed by atoms with Gasteiger partial charge in [-0.15, -0.1) is 0 Å². The molecule has 0 fully saturated rings. The number of nitriles is 1. The van der Waals surface area contributed by atoms with E-state index in [0.29, 0.717) is 29.9 Å². The molecule has 0 heterocycles. The monoisotopic (exact) mass is 335 g/mol.